The van der Waals surface area contributed by atoms with Gasteiger partial charge in [-0.3, -0.25) is 0 Å². The van der Waals surface area contributed by atoms with E-state index in [1.807, 2.05) is 0 Å². The van der Waals surface area contributed by atoms with Crippen LogP contribution in [-0.2, 0) is 0 Å². The molecule has 1 aromatic heterocycles. The van der Waals surface area contributed by atoms with E-state index in [4.69, 9.17) is 20.8 Å². The summed E-state index contributed by atoms with van der Waals surface area (Å²) in [4.78, 5) is 3.31. The van der Waals surface area contributed by atoms with Crippen LogP contribution in [0.25, 0.3) is 0 Å². The third-order valence-corrected chi connectivity index (χ3v) is 0.723. The van der Waals surface area contributed by atoms with Gasteiger partial charge in [-0.1, -0.05) is 11.6 Å². The van der Waals surface area contributed by atoms with Gasteiger partial charge in [-0.05, 0) is 12.1 Å². The van der Waals surface area contributed by atoms with Crippen molar-refractivity contribution in [2.24, 2.45) is 0 Å². The van der Waals surface area contributed by atoms with Crippen molar-refractivity contribution in [3.63, 3.8) is 0 Å². The third-order valence-electron chi connectivity index (χ3n) is 0.544. The van der Waals surface area contributed by atoms with E-state index in [9.17, 15) is 0 Å². The molecule has 0 bridgehead atoms. The Morgan fingerprint density at radius 3 is 3.25 bits per heavy atom. The normalized spacial score (nSPS) is 14.4. The summed E-state index contributed by atoms with van der Waals surface area (Å²) in [6.07, 6.45) is -0.476. The smallest absolute Gasteiger partial charge is 0.133 e. The molecule has 0 aliphatic heterocycles. The summed E-state index contributed by atoms with van der Waals surface area (Å²) in [6.45, 7) is 0. The highest BCUT2D eigenvalue weighted by atomic mass is 35.5. The Bertz CT molecular complexity index is 278. The Morgan fingerprint density at radius 2 is 2.50 bits per heavy atom. The van der Waals surface area contributed by atoms with Crippen LogP contribution in [0, 0.1) is 0 Å². The minimum atomic E-state index is -0.612. The molecule has 1 heterocycles. The molecule has 0 fully saturated rings. The Labute approximate surface area is 56.0 Å². The lowest BCUT2D eigenvalue weighted by Crippen LogP contribution is -1.69. The average molecular weight is 133 g/mol. The summed E-state index contributed by atoms with van der Waals surface area (Å²) in [5, 5.41) is 8.66. The molecule has 42 valence electrons. The summed E-state index contributed by atoms with van der Waals surface area (Å²) in [5.41, 5.74) is 0. The van der Waals surface area contributed by atoms with Gasteiger partial charge in [-0.25, -0.2) is 4.98 Å². The van der Waals surface area contributed by atoms with Crippen molar-refractivity contribution in [1.82, 2.24) is 4.98 Å². The quantitative estimate of drug-likeness (QED) is 0.542. The van der Waals surface area contributed by atoms with Crippen molar-refractivity contribution in [3.8, 4) is 5.75 Å². The summed E-state index contributed by atoms with van der Waals surface area (Å²) in [7, 11) is 0. The van der Waals surface area contributed by atoms with Gasteiger partial charge in [0.1, 0.15) is 10.9 Å². The molecule has 8 heavy (non-hydrogen) atoms. The second-order valence-corrected chi connectivity index (χ2v) is 1.47. The monoisotopic (exact) mass is 132 g/mol. The Hall–Kier alpha value is -0.760. The highest BCUT2D eigenvalue weighted by Gasteiger charge is 1.85. The average Bonchev–Trinajstić information content (AvgIpc) is 1.97. The number of pyridine rings is 1. The van der Waals surface area contributed by atoms with Gasteiger partial charge in [0.2, 0.25) is 0 Å². The molecule has 3 heteroatoms. The van der Waals surface area contributed by atoms with Crippen LogP contribution in [0.4, 0.5) is 0 Å². The van der Waals surface area contributed by atoms with Crippen LogP contribution in [0.3, 0.4) is 0 Å². The van der Waals surface area contributed by atoms with Crippen molar-refractivity contribution in [3.05, 3.63) is 23.4 Å². The molecule has 0 aliphatic carbocycles. The third kappa shape index (κ3) is 1.10. The van der Waals surface area contributed by atoms with Crippen LogP contribution in [0.15, 0.2) is 18.3 Å². The lowest BCUT2D eigenvalue weighted by atomic mass is 10.5. The molecule has 0 saturated carbocycles. The van der Waals surface area contributed by atoms with Gasteiger partial charge in [0.05, 0.1) is 10.3 Å². The van der Waals surface area contributed by atoms with E-state index in [2.05, 4.69) is 4.98 Å². The fourth-order valence-corrected chi connectivity index (χ4v) is 0.358. The molecule has 0 atom stereocenters. The molecule has 2 nitrogen and oxygen atoms in total. The van der Waals surface area contributed by atoms with Crippen LogP contribution in [0.2, 0.25) is 5.15 Å². The van der Waals surface area contributed by atoms with E-state index in [-0.39, 0.29) is 11.2 Å². The number of aromatic nitrogens is 1. The first-order valence-corrected chi connectivity index (χ1v) is 2.24. The van der Waals surface area contributed by atoms with Crippen molar-refractivity contribution in [2.75, 3.05) is 0 Å². The van der Waals surface area contributed by atoms with E-state index in [0.717, 1.165) is 0 Å². The van der Waals surface area contributed by atoms with Crippen molar-refractivity contribution in [1.29, 1.82) is 0 Å². The first-order valence-electron chi connectivity index (χ1n) is 3.36. The van der Waals surface area contributed by atoms with Gasteiger partial charge in [0, 0.05) is 0 Å². The maximum absolute atomic E-state index is 8.90. The van der Waals surface area contributed by atoms with E-state index in [0.29, 0.717) is 0 Å². The predicted molar refractivity (Wildman–Crippen MR) is 30.9 cm³/mol. The van der Waals surface area contributed by atoms with E-state index in [1.165, 1.54) is 0 Å². The maximum Gasteiger partial charge on any atom is 0.133 e. The Balaban J connectivity index is 3.46. The minimum absolute atomic E-state index is 0.238. The number of aromatic hydroxyl groups is 1. The lowest BCUT2D eigenvalue weighted by molar-refractivity contribution is 0.472. The number of nitrogens with zero attached hydrogens (tertiary/aromatic N) is 1. The molecule has 1 N–H and O–H groups in total. The zero-order valence-corrected chi connectivity index (χ0v) is 4.53. The highest BCUT2D eigenvalue weighted by Crippen LogP contribution is 2.08. The molecule has 0 radical (unpaired) electrons. The fraction of sp³-hybridized carbons (Fsp3) is 0. The molecule has 0 aromatic carbocycles. The first-order chi connectivity index (χ1) is 5.04. The largest absolute Gasteiger partial charge is 0.506 e. The van der Waals surface area contributed by atoms with E-state index in [1.54, 1.807) is 0 Å². The minimum Gasteiger partial charge on any atom is -0.506 e. The Kier molecular flexibility index (Phi) is 0.674. The highest BCUT2D eigenvalue weighted by molar-refractivity contribution is 6.29. The molecule has 0 unspecified atom stereocenters. The summed E-state index contributed by atoms with van der Waals surface area (Å²) in [6, 6.07) is -0.824. The molecule has 0 aliphatic rings. The summed E-state index contributed by atoms with van der Waals surface area (Å²) >= 11 is 5.34. The predicted octanol–water partition coefficient (Wildman–Crippen LogP) is 1.44. The van der Waals surface area contributed by atoms with Gasteiger partial charge in [0.15, 0.2) is 0 Å². The van der Waals surface area contributed by atoms with E-state index < -0.39 is 18.0 Å². The molecule has 1 aromatic rings. The summed E-state index contributed by atoms with van der Waals surface area (Å²) < 4.78 is 21.0. The standard InChI is InChI=1S/C5H4ClNO/c6-5-2-1-4(8)3-7-5/h1-3,8H/i1D,2D,3D. The van der Waals surface area contributed by atoms with Crippen LogP contribution in [-0.4, -0.2) is 10.1 Å². The molecule has 0 amide bonds. The van der Waals surface area contributed by atoms with Gasteiger partial charge in [-0.15, -0.1) is 0 Å². The first kappa shape index (κ1) is 2.69. The molecular formula is C5H4ClNO. The maximum atomic E-state index is 8.90. The van der Waals surface area contributed by atoms with Crippen molar-refractivity contribution >= 4 is 11.6 Å². The zero-order valence-electron chi connectivity index (χ0n) is 6.77. The summed E-state index contributed by atoms with van der Waals surface area (Å²) in [5.74, 6) is -0.612. The van der Waals surface area contributed by atoms with Gasteiger partial charge >= 0.3 is 0 Å². The number of hydrogen-bond donors (Lipinski definition) is 1. The van der Waals surface area contributed by atoms with Gasteiger partial charge < -0.3 is 5.11 Å². The van der Waals surface area contributed by atoms with Crippen molar-refractivity contribution in [2.45, 2.75) is 0 Å². The second-order valence-electron chi connectivity index (χ2n) is 1.11. The van der Waals surface area contributed by atoms with Crippen molar-refractivity contribution < 1.29 is 9.22 Å². The Morgan fingerprint density at radius 1 is 1.75 bits per heavy atom. The number of hydrogen-bond acceptors (Lipinski definition) is 2. The van der Waals surface area contributed by atoms with Crippen LogP contribution in [0.1, 0.15) is 4.11 Å². The SMILES string of the molecule is [2H]c1nc(Cl)c([2H])c([2H])c1O. The van der Waals surface area contributed by atoms with Gasteiger partial charge in [0.25, 0.3) is 0 Å². The van der Waals surface area contributed by atoms with Crippen LogP contribution >= 0.6 is 11.6 Å². The fourth-order valence-electron chi connectivity index (χ4n) is 0.269. The topological polar surface area (TPSA) is 33.1 Å². The van der Waals surface area contributed by atoms with Crippen LogP contribution < -0.4 is 0 Å². The second kappa shape index (κ2) is 2.01. The van der Waals surface area contributed by atoms with E-state index >= 15 is 0 Å². The molecule has 0 spiro atoms. The molecule has 1 rings (SSSR count). The van der Waals surface area contributed by atoms with Crippen LogP contribution in [0.5, 0.6) is 5.75 Å². The zero-order chi connectivity index (χ0) is 8.59. The number of halogens is 1. The molecular weight excluding hydrogens is 126 g/mol. The number of rotatable bonds is 0. The lowest BCUT2D eigenvalue weighted by Gasteiger charge is -1.86. The molecule has 0 saturated heterocycles. The van der Waals surface area contributed by atoms with Gasteiger partial charge in [-0.2, -0.15) is 0 Å².